The van der Waals surface area contributed by atoms with Crippen molar-refractivity contribution in [3.05, 3.63) is 17.5 Å². The van der Waals surface area contributed by atoms with Crippen molar-refractivity contribution in [3.63, 3.8) is 0 Å². The Balaban J connectivity index is 2.08. The SMILES string of the molecule is CCC(N)c1cc(C2CCNC2)[nH]n1. The summed E-state index contributed by atoms with van der Waals surface area (Å²) < 4.78 is 0. The van der Waals surface area contributed by atoms with Crippen molar-refractivity contribution in [2.24, 2.45) is 5.73 Å². The molecule has 0 bridgehead atoms. The lowest BCUT2D eigenvalue weighted by Crippen LogP contribution is -2.09. The lowest BCUT2D eigenvalue weighted by Gasteiger charge is -2.04. The number of hydrogen-bond donors (Lipinski definition) is 3. The zero-order chi connectivity index (χ0) is 9.97. The van der Waals surface area contributed by atoms with Gasteiger partial charge < -0.3 is 11.1 Å². The van der Waals surface area contributed by atoms with Gasteiger partial charge in [-0.25, -0.2) is 0 Å². The van der Waals surface area contributed by atoms with Crippen LogP contribution in [0.25, 0.3) is 0 Å². The van der Waals surface area contributed by atoms with E-state index in [4.69, 9.17) is 5.73 Å². The minimum atomic E-state index is 0.0781. The number of hydrogen-bond acceptors (Lipinski definition) is 3. The summed E-state index contributed by atoms with van der Waals surface area (Å²) in [4.78, 5) is 0. The summed E-state index contributed by atoms with van der Waals surface area (Å²) in [6, 6.07) is 2.20. The van der Waals surface area contributed by atoms with Crippen molar-refractivity contribution in [2.45, 2.75) is 31.7 Å². The molecule has 4 heteroatoms. The van der Waals surface area contributed by atoms with Gasteiger partial charge in [0, 0.05) is 24.2 Å². The van der Waals surface area contributed by atoms with Gasteiger partial charge in [-0.3, -0.25) is 5.10 Å². The highest BCUT2D eigenvalue weighted by atomic mass is 15.1. The highest BCUT2D eigenvalue weighted by Gasteiger charge is 2.19. The van der Waals surface area contributed by atoms with Crippen LogP contribution in [0.2, 0.25) is 0 Å². The van der Waals surface area contributed by atoms with Gasteiger partial charge in [-0.1, -0.05) is 6.92 Å². The summed E-state index contributed by atoms with van der Waals surface area (Å²) in [5, 5.41) is 10.7. The predicted molar refractivity (Wildman–Crippen MR) is 56.0 cm³/mol. The molecule has 2 heterocycles. The smallest absolute Gasteiger partial charge is 0.0792 e. The van der Waals surface area contributed by atoms with Gasteiger partial charge >= 0.3 is 0 Å². The standard InChI is InChI=1S/C10H18N4/c1-2-8(11)10-5-9(13-14-10)7-3-4-12-6-7/h5,7-8,12H,2-4,6,11H2,1H3,(H,13,14). The molecule has 0 aromatic carbocycles. The summed E-state index contributed by atoms with van der Waals surface area (Å²) in [5.41, 5.74) is 8.13. The van der Waals surface area contributed by atoms with Gasteiger partial charge in [0.05, 0.1) is 5.69 Å². The molecule has 1 aromatic rings. The lowest BCUT2D eigenvalue weighted by molar-refractivity contribution is 0.671. The average Bonchev–Trinajstić information content (AvgIpc) is 2.86. The van der Waals surface area contributed by atoms with Crippen LogP contribution in [-0.4, -0.2) is 23.3 Å². The van der Waals surface area contributed by atoms with Crippen LogP contribution in [-0.2, 0) is 0 Å². The van der Waals surface area contributed by atoms with E-state index in [0.717, 1.165) is 25.2 Å². The Kier molecular flexibility index (Phi) is 2.84. The number of aromatic nitrogens is 2. The molecule has 4 N–H and O–H groups in total. The maximum atomic E-state index is 5.91. The van der Waals surface area contributed by atoms with Gasteiger partial charge in [-0.05, 0) is 25.5 Å². The summed E-state index contributed by atoms with van der Waals surface area (Å²) in [5.74, 6) is 0.598. The van der Waals surface area contributed by atoms with Gasteiger partial charge in [0.2, 0.25) is 0 Å². The molecular formula is C10H18N4. The van der Waals surface area contributed by atoms with E-state index in [-0.39, 0.29) is 6.04 Å². The number of nitrogens with zero attached hydrogens (tertiary/aromatic N) is 1. The molecule has 4 nitrogen and oxygen atoms in total. The van der Waals surface area contributed by atoms with Crippen LogP contribution in [0.15, 0.2) is 6.07 Å². The molecule has 0 amide bonds. The van der Waals surface area contributed by atoms with E-state index < -0.39 is 0 Å². The van der Waals surface area contributed by atoms with Crippen LogP contribution in [0.3, 0.4) is 0 Å². The summed E-state index contributed by atoms with van der Waals surface area (Å²) in [7, 11) is 0. The number of rotatable bonds is 3. The Bertz CT molecular complexity index is 288. The topological polar surface area (TPSA) is 66.7 Å². The second-order valence-corrected chi connectivity index (χ2v) is 3.95. The fraction of sp³-hybridized carbons (Fsp3) is 0.700. The van der Waals surface area contributed by atoms with Crippen molar-refractivity contribution < 1.29 is 0 Å². The van der Waals surface area contributed by atoms with Gasteiger partial charge in [-0.15, -0.1) is 0 Å². The van der Waals surface area contributed by atoms with Crippen molar-refractivity contribution in [1.29, 1.82) is 0 Å². The quantitative estimate of drug-likeness (QED) is 0.669. The van der Waals surface area contributed by atoms with E-state index in [1.54, 1.807) is 0 Å². The maximum absolute atomic E-state index is 5.91. The first-order chi connectivity index (χ1) is 6.81. The van der Waals surface area contributed by atoms with Gasteiger partial charge in [0.1, 0.15) is 0 Å². The van der Waals surface area contributed by atoms with E-state index >= 15 is 0 Å². The summed E-state index contributed by atoms with van der Waals surface area (Å²) >= 11 is 0. The second kappa shape index (κ2) is 4.11. The van der Waals surface area contributed by atoms with Crippen LogP contribution >= 0.6 is 0 Å². The number of nitrogens with one attached hydrogen (secondary N) is 2. The molecule has 2 atom stereocenters. The molecule has 1 fully saturated rings. The molecule has 1 aliphatic rings. The molecule has 2 unspecified atom stereocenters. The van der Waals surface area contributed by atoms with Crippen LogP contribution in [0.4, 0.5) is 0 Å². The van der Waals surface area contributed by atoms with E-state index in [9.17, 15) is 0 Å². The summed E-state index contributed by atoms with van der Waals surface area (Å²) in [6.07, 6.45) is 2.14. The lowest BCUT2D eigenvalue weighted by atomic mass is 10.0. The third-order valence-corrected chi connectivity index (χ3v) is 2.94. The van der Waals surface area contributed by atoms with Gasteiger partial charge in [0.25, 0.3) is 0 Å². The maximum Gasteiger partial charge on any atom is 0.0792 e. The molecule has 78 valence electrons. The molecule has 1 saturated heterocycles. The molecule has 2 rings (SSSR count). The normalized spacial score (nSPS) is 24.0. The van der Waals surface area contributed by atoms with Crippen LogP contribution < -0.4 is 11.1 Å². The van der Waals surface area contributed by atoms with Gasteiger partial charge in [0.15, 0.2) is 0 Å². The molecule has 0 saturated carbocycles. The zero-order valence-electron chi connectivity index (χ0n) is 8.59. The van der Waals surface area contributed by atoms with E-state index in [1.807, 2.05) is 0 Å². The molecule has 0 spiro atoms. The second-order valence-electron chi connectivity index (χ2n) is 3.95. The Labute approximate surface area is 84.3 Å². The highest BCUT2D eigenvalue weighted by molar-refractivity contribution is 5.17. The Hall–Kier alpha value is -0.870. The largest absolute Gasteiger partial charge is 0.323 e. The Morgan fingerprint density at radius 3 is 3.21 bits per heavy atom. The zero-order valence-corrected chi connectivity index (χ0v) is 8.59. The number of aromatic amines is 1. The molecule has 14 heavy (non-hydrogen) atoms. The number of H-pyrrole nitrogens is 1. The van der Waals surface area contributed by atoms with E-state index in [0.29, 0.717) is 5.92 Å². The predicted octanol–water partition coefficient (Wildman–Crippen LogP) is 0.896. The first kappa shape index (κ1) is 9.68. The number of nitrogens with two attached hydrogens (primary N) is 1. The summed E-state index contributed by atoms with van der Waals surface area (Å²) in [6.45, 7) is 4.25. The third kappa shape index (κ3) is 1.81. The first-order valence-corrected chi connectivity index (χ1v) is 5.32. The van der Waals surface area contributed by atoms with E-state index in [2.05, 4.69) is 28.5 Å². The minimum Gasteiger partial charge on any atom is -0.323 e. The Morgan fingerprint density at radius 1 is 1.71 bits per heavy atom. The van der Waals surface area contributed by atoms with Gasteiger partial charge in [-0.2, -0.15) is 5.10 Å². The monoisotopic (exact) mass is 194 g/mol. The van der Waals surface area contributed by atoms with Crippen molar-refractivity contribution in [2.75, 3.05) is 13.1 Å². The van der Waals surface area contributed by atoms with Crippen LogP contribution in [0.1, 0.15) is 43.1 Å². The fourth-order valence-corrected chi connectivity index (χ4v) is 1.88. The van der Waals surface area contributed by atoms with E-state index in [1.165, 1.54) is 12.1 Å². The molecule has 0 radical (unpaired) electrons. The average molecular weight is 194 g/mol. The van der Waals surface area contributed by atoms with Crippen molar-refractivity contribution >= 4 is 0 Å². The van der Waals surface area contributed by atoms with Crippen molar-refractivity contribution in [3.8, 4) is 0 Å². The minimum absolute atomic E-state index is 0.0781. The fourth-order valence-electron chi connectivity index (χ4n) is 1.88. The first-order valence-electron chi connectivity index (χ1n) is 5.32. The van der Waals surface area contributed by atoms with Crippen molar-refractivity contribution in [1.82, 2.24) is 15.5 Å². The highest BCUT2D eigenvalue weighted by Crippen LogP contribution is 2.22. The molecular weight excluding hydrogens is 176 g/mol. The molecule has 0 aliphatic carbocycles. The molecule has 1 aliphatic heterocycles. The Morgan fingerprint density at radius 2 is 2.57 bits per heavy atom. The van der Waals surface area contributed by atoms with Crippen LogP contribution in [0.5, 0.6) is 0 Å². The third-order valence-electron chi connectivity index (χ3n) is 2.94. The molecule has 1 aromatic heterocycles. The van der Waals surface area contributed by atoms with Crippen LogP contribution in [0, 0.1) is 0 Å².